The largest absolute Gasteiger partial charge is 0.462 e. The summed E-state index contributed by atoms with van der Waals surface area (Å²) in [4.78, 5) is 11.5. The van der Waals surface area contributed by atoms with E-state index in [0.29, 0.717) is 12.0 Å². The van der Waals surface area contributed by atoms with Crippen LogP contribution in [-0.2, 0) is 9.53 Å². The second kappa shape index (κ2) is 7.43. The maximum atomic E-state index is 11.5. The van der Waals surface area contributed by atoms with Crippen molar-refractivity contribution in [1.29, 1.82) is 0 Å². The lowest BCUT2D eigenvalue weighted by molar-refractivity contribution is -0.157. The van der Waals surface area contributed by atoms with Crippen LogP contribution in [0.4, 0.5) is 0 Å². The van der Waals surface area contributed by atoms with E-state index in [2.05, 4.69) is 37.0 Å². The second-order valence-electron chi connectivity index (χ2n) is 8.02. The third-order valence-corrected chi connectivity index (χ3v) is 8.44. The van der Waals surface area contributed by atoms with Gasteiger partial charge in [0.15, 0.2) is 0 Å². The number of hydrogen-bond donors (Lipinski definition) is 0. The molecule has 0 heterocycles. The Balaban J connectivity index is 1.59. The lowest BCUT2D eigenvalue weighted by Crippen LogP contribution is -2.54. The summed E-state index contributed by atoms with van der Waals surface area (Å²) in [5, 5.41) is 0. The molecule has 0 spiro atoms. The summed E-state index contributed by atoms with van der Waals surface area (Å²) < 4.78 is 5.51. The highest BCUT2D eigenvalue weighted by atomic mass is 32.2. The highest BCUT2D eigenvalue weighted by Crippen LogP contribution is 2.65. The Hall–Kier alpha value is -0.0900. The van der Waals surface area contributed by atoms with E-state index in [0.717, 1.165) is 11.8 Å². The van der Waals surface area contributed by atoms with Gasteiger partial charge >= 0.3 is 5.97 Å². The Morgan fingerprint density at radius 2 is 1.83 bits per heavy atom. The number of esters is 1. The summed E-state index contributed by atoms with van der Waals surface area (Å²) in [5.74, 6) is 6.63. The Bertz CT molecular complexity index is 435. The molecule has 2 nitrogen and oxygen atoms in total. The number of carbonyl (C=O) groups excluding carboxylic acids is 1. The zero-order valence-electron chi connectivity index (χ0n) is 14.4. The van der Waals surface area contributed by atoms with Crippen LogP contribution in [0.2, 0.25) is 0 Å². The maximum Gasteiger partial charge on any atom is 0.330 e. The molecular weight excluding hydrogens is 324 g/mol. The first-order valence-electron chi connectivity index (χ1n) is 9.03. The van der Waals surface area contributed by atoms with Gasteiger partial charge in [0, 0.05) is 23.0 Å². The highest BCUT2D eigenvalue weighted by molar-refractivity contribution is 8.02. The monoisotopic (exact) mass is 354 g/mol. The van der Waals surface area contributed by atoms with Crippen LogP contribution in [0.25, 0.3) is 0 Å². The van der Waals surface area contributed by atoms with Crippen molar-refractivity contribution in [3.8, 4) is 0 Å². The van der Waals surface area contributed by atoms with E-state index < -0.39 is 0 Å². The van der Waals surface area contributed by atoms with Gasteiger partial charge in [-0.3, -0.25) is 0 Å². The van der Waals surface area contributed by atoms with Crippen molar-refractivity contribution in [3.63, 3.8) is 0 Å². The quantitative estimate of drug-likeness (QED) is 0.338. The van der Waals surface area contributed by atoms with Gasteiger partial charge in [0.25, 0.3) is 0 Å². The van der Waals surface area contributed by atoms with Gasteiger partial charge < -0.3 is 4.74 Å². The van der Waals surface area contributed by atoms with E-state index in [1.54, 1.807) is 0 Å². The van der Waals surface area contributed by atoms with Crippen molar-refractivity contribution in [1.82, 2.24) is 0 Å². The first kappa shape index (κ1) is 17.7. The molecule has 130 valence electrons. The van der Waals surface area contributed by atoms with Gasteiger partial charge in [-0.2, -0.15) is 23.5 Å². The summed E-state index contributed by atoms with van der Waals surface area (Å²) in [5.41, 5.74) is 0.813. The topological polar surface area (TPSA) is 26.3 Å². The van der Waals surface area contributed by atoms with Crippen molar-refractivity contribution in [2.45, 2.75) is 45.4 Å². The molecular formula is C19H30O2S2. The molecule has 4 fully saturated rings. The van der Waals surface area contributed by atoms with Gasteiger partial charge in [0.1, 0.15) is 0 Å². The van der Waals surface area contributed by atoms with Crippen molar-refractivity contribution < 1.29 is 9.53 Å². The summed E-state index contributed by atoms with van der Waals surface area (Å²) in [6.07, 6.45) is 9.43. The zero-order valence-corrected chi connectivity index (χ0v) is 16.0. The summed E-state index contributed by atoms with van der Waals surface area (Å²) in [7, 11) is 0. The molecule has 0 aromatic heterocycles. The molecule has 0 N–H and O–H groups in total. The molecule has 0 amide bonds. The molecule has 0 aliphatic heterocycles. The van der Waals surface area contributed by atoms with Crippen LogP contribution in [-0.4, -0.2) is 35.6 Å². The third kappa shape index (κ3) is 4.12. The van der Waals surface area contributed by atoms with Crippen molar-refractivity contribution >= 4 is 29.5 Å². The second-order valence-corrected chi connectivity index (χ2v) is 10.5. The van der Waals surface area contributed by atoms with Crippen LogP contribution in [0.5, 0.6) is 0 Å². The minimum absolute atomic E-state index is 0.249. The van der Waals surface area contributed by atoms with Gasteiger partial charge in [-0.1, -0.05) is 13.5 Å². The molecule has 2 atom stereocenters. The molecule has 0 radical (unpaired) electrons. The predicted octanol–water partition coefficient (Wildman–Crippen LogP) is 4.79. The normalized spacial score (nSPS) is 37.8. The number of thioether (sulfide) groups is 2. The Morgan fingerprint density at radius 3 is 2.48 bits per heavy atom. The summed E-state index contributed by atoms with van der Waals surface area (Å²) >= 11 is 4.21. The van der Waals surface area contributed by atoms with Gasteiger partial charge in [-0.15, -0.1) is 0 Å². The molecule has 0 aromatic carbocycles. The fraction of sp³-hybridized carbons (Fsp3) is 0.842. The van der Waals surface area contributed by atoms with E-state index in [-0.39, 0.29) is 11.4 Å². The first-order valence-corrected chi connectivity index (χ1v) is 11.3. The van der Waals surface area contributed by atoms with Crippen LogP contribution < -0.4 is 0 Å². The van der Waals surface area contributed by atoms with E-state index in [1.165, 1.54) is 67.6 Å². The fourth-order valence-electron chi connectivity index (χ4n) is 5.82. The van der Waals surface area contributed by atoms with Gasteiger partial charge in [0.2, 0.25) is 0 Å². The van der Waals surface area contributed by atoms with Gasteiger partial charge in [0.05, 0.1) is 6.61 Å². The number of carbonyl (C=O) groups is 1. The molecule has 4 bridgehead atoms. The molecule has 4 aliphatic carbocycles. The van der Waals surface area contributed by atoms with Crippen LogP contribution >= 0.6 is 23.5 Å². The molecule has 2 unspecified atom stereocenters. The van der Waals surface area contributed by atoms with Crippen molar-refractivity contribution in [2.24, 2.45) is 22.7 Å². The zero-order chi connectivity index (χ0) is 16.3. The summed E-state index contributed by atoms with van der Waals surface area (Å²) in [6, 6.07) is 0. The van der Waals surface area contributed by atoms with E-state index in [4.69, 9.17) is 4.74 Å². The lowest BCUT2D eigenvalue weighted by atomic mass is 9.45. The smallest absolute Gasteiger partial charge is 0.330 e. The van der Waals surface area contributed by atoms with Crippen LogP contribution in [0, 0.1) is 22.7 Å². The SMILES string of the molecule is C=CC(=O)OCC12CC3CC(C1)CC(CSCCSCC)(C3)C2. The average Bonchev–Trinajstić information content (AvgIpc) is 2.51. The van der Waals surface area contributed by atoms with E-state index in [1.807, 2.05) is 0 Å². The Morgan fingerprint density at radius 1 is 1.17 bits per heavy atom. The number of rotatable bonds is 9. The van der Waals surface area contributed by atoms with Gasteiger partial charge in [-0.25, -0.2) is 4.79 Å². The maximum absolute atomic E-state index is 11.5. The average molecular weight is 355 g/mol. The molecule has 23 heavy (non-hydrogen) atoms. The Kier molecular flexibility index (Phi) is 5.72. The fourth-order valence-corrected chi connectivity index (χ4v) is 7.97. The minimum atomic E-state index is -0.249. The van der Waals surface area contributed by atoms with Crippen LogP contribution in [0.1, 0.15) is 45.4 Å². The standard InChI is InChI=1S/C19H30O2S2/c1-3-17(20)21-13-18-8-15-7-16(9-18)11-19(10-15,12-18)14-23-6-5-22-4-2/h3,15-16H,1,4-14H2,2H3. The molecule has 4 heteroatoms. The molecule has 4 rings (SSSR count). The predicted molar refractivity (Wildman–Crippen MR) is 101 cm³/mol. The molecule has 0 saturated heterocycles. The third-order valence-electron chi connectivity index (χ3n) is 5.98. The highest BCUT2D eigenvalue weighted by Gasteiger charge is 2.57. The van der Waals surface area contributed by atoms with Crippen molar-refractivity contribution in [3.05, 3.63) is 12.7 Å². The van der Waals surface area contributed by atoms with Crippen LogP contribution in [0.3, 0.4) is 0 Å². The molecule has 0 aromatic rings. The van der Waals surface area contributed by atoms with E-state index in [9.17, 15) is 4.79 Å². The lowest BCUT2D eigenvalue weighted by Gasteiger charge is -2.62. The van der Waals surface area contributed by atoms with Gasteiger partial charge in [-0.05, 0) is 67.3 Å². The molecule has 4 saturated carbocycles. The Labute approximate surface area is 149 Å². The van der Waals surface area contributed by atoms with E-state index >= 15 is 0 Å². The van der Waals surface area contributed by atoms with Crippen molar-refractivity contribution in [2.75, 3.05) is 29.6 Å². The molecule has 4 aliphatic rings. The van der Waals surface area contributed by atoms with Crippen LogP contribution in [0.15, 0.2) is 12.7 Å². The summed E-state index contributed by atoms with van der Waals surface area (Å²) in [6.45, 7) is 6.39. The first-order chi connectivity index (χ1) is 11.1. The number of hydrogen-bond acceptors (Lipinski definition) is 4. The number of ether oxygens (including phenoxy) is 1. The minimum Gasteiger partial charge on any atom is -0.462 e.